The van der Waals surface area contributed by atoms with E-state index in [4.69, 9.17) is 0 Å². The van der Waals surface area contributed by atoms with E-state index in [1.165, 1.54) is 5.56 Å². The largest absolute Gasteiger partial charge is 0.352 e. The number of aromatic amines is 1. The Hall–Kier alpha value is -2.17. The van der Waals surface area contributed by atoms with Crippen LogP contribution in [0.1, 0.15) is 33.7 Å². The fraction of sp³-hybridized carbons (Fsp3) is 0.357. The molecule has 0 radical (unpaired) electrons. The van der Waals surface area contributed by atoms with Gasteiger partial charge >= 0.3 is 0 Å². The van der Waals surface area contributed by atoms with Crippen molar-refractivity contribution in [3.8, 4) is 0 Å². The zero-order chi connectivity index (χ0) is 13.7. The Morgan fingerprint density at radius 3 is 2.95 bits per heavy atom. The average Bonchev–Trinajstić information content (AvgIpc) is 2.80. The number of hydrogen-bond donors (Lipinski definition) is 2. The van der Waals surface area contributed by atoms with Gasteiger partial charge in [0.15, 0.2) is 0 Å². The van der Waals surface area contributed by atoms with Gasteiger partial charge in [0.1, 0.15) is 0 Å². The average molecular weight is 258 g/mol. The smallest absolute Gasteiger partial charge is 0.251 e. The van der Waals surface area contributed by atoms with Gasteiger partial charge in [0.05, 0.1) is 6.20 Å². The van der Waals surface area contributed by atoms with Crippen molar-refractivity contribution < 1.29 is 4.79 Å². The van der Waals surface area contributed by atoms with Crippen LogP contribution < -0.4 is 5.32 Å². The maximum Gasteiger partial charge on any atom is 0.251 e. The molecule has 1 amide bonds. The monoisotopic (exact) mass is 258 g/mol. The van der Waals surface area contributed by atoms with Gasteiger partial charge in [0.2, 0.25) is 0 Å². The van der Waals surface area contributed by atoms with Crippen molar-refractivity contribution in [2.45, 2.75) is 26.7 Å². The standard InChI is InChI=1S/C14H18N4O/c1-10-8-12(5-7-15-10)14(19)16-6-3-4-13-9-17-18-11(13)2/h5,7-9H,3-4,6H2,1-2H3,(H,16,19)(H,17,18). The molecule has 2 rings (SSSR count). The second-order valence-corrected chi connectivity index (χ2v) is 4.57. The molecule has 2 heterocycles. The van der Waals surface area contributed by atoms with Crippen LogP contribution in [0.5, 0.6) is 0 Å². The van der Waals surface area contributed by atoms with Crippen LogP contribution in [0.2, 0.25) is 0 Å². The van der Waals surface area contributed by atoms with Crippen LogP contribution >= 0.6 is 0 Å². The Kier molecular flexibility index (Phi) is 4.28. The van der Waals surface area contributed by atoms with Crippen LogP contribution in [0.4, 0.5) is 0 Å². The number of carbonyl (C=O) groups excluding carboxylic acids is 1. The highest BCUT2D eigenvalue weighted by atomic mass is 16.1. The van der Waals surface area contributed by atoms with E-state index in [0.717, 1.165) is 24.2 Å². The number of nitrogens with zero attached hydrogens (tertiary/aromatic N) is 2. The van der Waals surface area contributed by atoms with E-state index in [2.05, 4.69) is 20.5 Å². The fourth-order valence-electron chi connectivity index (χ4n) is 1.90. The maximum atomic E-state index is 11.9. The highest BCUT2D eigenvalue weighted by Crippen LogP contribution is 2.05. The molecule has 2 aromatic rings. The maximum absolute atomic E-state index is 11.9. The molecule has 0 atom stereocenters. The summed E-state index contributed by atoms with van der Waals surface area (Å²) in [6, 6.07) is 3.51. The Labute approximate surface area is 112 Å². The van der Waals surface area contributed by atoms with Crippen molar-refractivity contribution >= 4 is 5.91 Å². The number of rotatable bonds is 5. The van der Waals surface area contributed by atoms with Gasteiger partial charge in [-0.3, -0.25) is 14.9 Å². The van der Waals surface area contributed by atoms with Gasteiger partial charge in [0, 0.05) is 29.7 Å². The van der Waals surface area contributed by atoms with Crippen molar-refractivity contribution in [3.05, 3.63) is 47.0 Å². The number of amides is 1. The summed E-state index contributed by atoms with van der Waals surface area (Å²) in [7, 11) is 0. The van der Waals surface area contributed by atoms with E-state index < -0.39 is 0 Å². The number of aromatic nitrogens is 3. The summed E-state index contributed by atoms with van der Waals surface area (Å²) in [5.41, 5.74) is 3.80. The second-order valence-electron chi connectivity index (χ2n) is 4.57. The zero-order valence-corrected chi connectivity index (χ0v) is 11.2. The third-order valence-electron chi connectivity index (χ3n) is 3.00. The molecule has 2 N–H and O–H groups in total. The van der Waals surface area contributed by atoms with E-state index in [-0.39, 0.29) is 5.91 Å². The molecule has 0 aliphatic rings. The lowest BCUT2D eigenvalue weighted by molar-refractivity contribution is 0.0953. The number of nitrogens with one attached hydrogen (secondary N) is 2. The lowest BCUT2D eigenvalue weighted by atomic mass is 10.1. The van der Waals surface area contributed by atoms with Gasteiger partial charge in [-0.2, -0.15) is 5.10 Å². The van der Waals surface area contributed by atoms with Crippen molar-refractivity contribution in [2.24, 2.45) is 0 Å². The van der Waals surface area contributed by atoms with Crippen molar-refractivity contribution in [3.63, 3.8) is 0 Å². The molecule has 5 nitrogen and oxygen atoms in total. The molecular formula is C14H18N4O. The SMILES string of the molecule is Cc1cc(C(=O)NCCCc2cn[nH]c2C)ccn1. The first-order valence-electron chi connectivity index (χ1n) is 6.36. The Balaban J connectivity index is 1.77. The van der Waals surface area contributed by atoms with Crippen molar-refractivity contribution in [2.75, 3.05) is 6.54 Å². The molecular weight excluding hydrogens is 240 g/mol. The molecule has 0 saturated heterocycles. The van der Waals surface area contributed by atoms with E-state index in [0.29, 0.717) is 12.1 Å². The zero-order valence-electron chi connectivity index (χ0n) is 11.2. The van der Waals surface area contributed by atoms with Crippen LogP contribution in [-0.4, -0.2) is 27.6 Å². The van der Waals surface area contributed by atoms with E-state index in [1.807, 2.05) is 20.0 Å². The number of carbonyl (C=O) groups is 1. The molecule has 100 valence electrons. The molecule has 0 bridgehead atoms. The normalized spacial score (nSPS) is 10.4. The summed E-state index contributed by atoms with van der Waals surface area (Å²) in [6.07, 6.45) is 5.30. The van der Waals surface area contributed by atoms with Gasteiger partial charge in [-0.05, 0) is 44.4 Å². The van der Waals surface area contributed by atoms with E-state index in [1.54, 1.807) is 18.3 Å². The molecule has 0 unspecified atom stereocenters. The van der Waals surface area contributed by atoms with E-state index in [9.17, 15) is 4.79 Å². The molecule has 19 heavy (non-hydrogen) atoms. The molecule has 0 aromatic carbocycles. The minimum atomic E-state index is -0.0468. The summed E-state index contributed by atoms with van der Waals surface area (Å²) in [6.45, 7) is 4.53. The van der Waals surface area contributed by atoms with Crippen LogP contribution in [0, 0.1) is 13.8 Å². The highest BCUT2D eigenvalue weighted by molar-refractivity contribution is 5.94. The lowest BCUT2D eigenvalue weighted by Crippen LogP contribution is -2.24. The molecule has 5 heteroatoms. The summed E-state index contributed by atoms with van der Waals surface area (Å²) in [4.78, 5) is 15.9. The lowest BCUT2D eigenvalue weighted by Gasteiger charge is -2.05. The van der Waals surface area contributed by atoms with Gasteiger partial charge < -0.3 is 5.32 Å². The summed E-state index contributed by atoms with van der Waals surface area (Å²) >= 11 is 0. The summed E-state index contributed by atoms with van der Waals surface area (Å²) in [5, 5.41) is 9.79. The summed E-state index contributed by atoms with van der Waals surface area (Å²) < 4.78 is 0. The first-order chi connectivity index (χ1) is 9.16. The van der Waals surface area contributed by atoms with Crippen molar-refractivity contribution in [1.29, 1.82) is 0 Å². The predicted molar refractivity (Wildman–Crippen MR) is 73.0 cm³/mol. The molecule has 0 fully saturated rings. The minimum absolute atomic E-state index is 0.0468. The van der Waals surface area contributed by atoms with Gasteiger partial charge in [-0.25, -0.2) is 0 Å². The molecule has 0 aliphatic heterocycles. The predicted octanol–water partition coefficient (Wildman–Crippen LogP) is 1.78. The number of hydrogen-bond acceptors (Lipinski definition) is 3. The molecule has 0 aliphatic carbocycles. The third kappa shape index (κ3) is 3.64. The van der Waals surface area contributed by atoms with Crippen molar-refractivity contribution in [1.82, 2.24) is 20.5 Å². The van der Waals surface area contributed by atoms with Crippen LogP contribution in [0.3, 0.4) is 0 Å². The molecule has 2 aromatic heterocycles. The Morgan fingerprint density at radius 1 is 1.42 bits per heavy atom. The minimum Gasteiger partial charge on any atom is -0.352 e. The van der Waals surface area contributed by atoms with Gasteiger partial charge in [-0.15, -0.1) is 0 Å². The van der Waals surface area contributed by atoms with Crippen LogP contribution in [-0.2, 0) is 6.42 Å². The fourth-order valence-corrected chi connectivity index (χ4v) is 1.90. The number of pyridine rings is 1. The molecule has 0 saturated carbocycles. The van der Waals surface area contributed by atoms with Crippen LogP contribution in [0.15, 0.2) is 24.5 Å². The van der Waals surface area contributed by atoms with Crippen LogP contribution in [0.25, 0.3) is 0 Å². The number of aryl methyl sites for hydroxylation is 3. The topological polar surface area (TPSA) is 70.7 Å². The first-order valence-corrected chi connectivity index (χ1v) is 6.36. The Morgan fingerprint density at radius 2 is 2.26 bits per heavy atom. The Bertz CT molecular complexity index is 562. The van der Waals surface area contributed by atoms with E-state index >= 15 is 0 Å². The quantitative estimate of drug-likeness (QED) is 0.803. The summed E-state index contributed by atoms with van der Waals surface area (Å²) in [5.74, 6) is -0.0468. The second kappa shape index (κ2) is 6.13. The van der Waals surface area contributed by atoms with Gasteiger partial charge in [0.25, 0.3) is 5.91 Å². The molecule has 0 spiro atoms. The highest BCUT2D eigenvalue weighted by Gasteiger charge is 2.05. The number of H-pyrrole nitrogens is 1. The first kappa shape index (κ1) is 13.3. The third-order valence-corrected chi connectivity index (χ3v) is 3.00. The van der Waals surface area contributed by atoms with Gasteiger partial charge in [-0.1, -0.05) is 0 Å².